The van der Waals surface area contributed by atoms with Crippen molar-refractivity contribution in [3.8, 4) is 0 Å². The molecule has 0 amide bonds. The van der Waals surface area contributed by atoms with Gasteiger partial charge in [-0.15, -0.1) is 0 Å². The minimum atomic E-state index is -0.844. The van der Waals surface area contributed by atoms with Gasteiger partial charge in [-0.1, -0.05) is 32.1 Å². The molecule has 3 rings (SSSR count). The molecule has 0 radical (unpaired) electrons. The first kappa shape index (κ1) is 18.6. The van der Waals surface area contributed by atoms with E-state index in [1.807, 2.05) is 13.0 Å². The van der Waals surface area contributed by atoms with Gasteiger partial charge in [0.1, 0.15) is 12.7 Å². The van der Waals surface area contributed by atoms with Crippen LogP contribution >= 0.6 is 0 Å². The third-order valence-corrected chi connectivity index (χ3v) is 7.23. The number of esters is 1. The molecule has 0 aromatic carbocycles. The van der Waals surface area contributed by atoms with Gasteiger partial charge in [0, 0.05) is 5.41 Å². The molecule has 5 heteroatoms. The molecule has 6 atom stereocenters. The van der Waals surface area contributed by atoms with Crippen molar-refractivity contribution in [1.82, 2.24) is 0 Å². The molecule has 0 unspecified atom stereocenters. The Morgan fingerprint density at radius 3 is 2.64 bits per heavy atom. The summed E-state index contributed by atoms with van der Waals surface area (Å²) in [5.41, 5.74) is 0.911. The van der Waals surface area contributed by atoms with Crippen LogP contribution in [0.2, 0.25) is 0 Å². The number of aliphatic hydroxyl groups is 3. The van der Waals surface area contributed by atoms with Crippen molar-refractivity contribution in [1.29, 1.82) is 0 Å². The molecule has 5 nitrogen and oxygen atoms in total. The van der Waals surface area contributed by atoms with Crippen molar-refractivity contribution in [2.75, 3.05) is 13.2 Å². The van der Waals surface area contributed by atoms with Crippen LogP contribution in [-0.2, 0) is 9.53 Å². The van der Waals surface area contributed by atoms with Gasteiger partial charge in [0.2, 0.25) is 0 Å². The molecule has 25 heavy (non-hydrogen) atoms. The summed E-state index contributed by atoms with van der Waals surface area (Å²) in [5, 5.41) is 30.4. The van der Waals surface area contributed by atoms with Gasteiger partial charge in [-0.2, -0.15) is 0 Å². The van der Waals surface area contributed by atoms with Crippen LogP contribution in [-0.4, -0.2) is 46.7 Å². The van der Waals surface area contributed by atoms with E-state index in [-0.39, 0.29) is 30.5 Å². The van der Waals surface area contributed by atoms with E-state index in [1.54, 1.807) is 0 Å². The molecule has 1 aliphatic heterocycles. The normalized spacial score (nSPS) is 46.2. The molecule has 0 aromatic rings. The van der Waals surface area contributed by atoms with E-state index in [1.165, 1.54) is 0 Å². The summed E-state index contributed by atoms with van der Waals surface area (Å²) in [6.07, 6.45) is 4.42. The number of rotatable bonds is 3. The Hall–Kier alpha value is -1.17. The summed E-state index contributed by atoms with van der Waals surface area (Å²) in [7, 11) is 0. The minimum Gasteiger partial charge on any atom is -0.459 e. The number of cyclic esters (lactones) is 1. The number of fused-ring (bicyclic) bond motifs is 1. The summed E-state index contributed by atoms with van der Waals surface area (Å²) in [6, 6.07) is 0. The highest BCUT2D eigenvalue weighted by molar-refractivity contribution is 5.91. The lowest BCUT2D eigenvalue weighted by Gasteiger charge is -2.59. The average molecular weight is 350 g/mol. The van der Waals surface area contributed by atoms with E-state index in [9.17, 15) is 20.1 Å². The quantitative estimate of drug-likeness (QED) is 0.411. The fourth-order valence-electron chi connectivity index (χ4n) is 5.56. The van der Waals surface area contributed by atoms with Crippen LogP contribution in [0, 0.1) is 22.7 Å². The molecular formula is C20H30O5. The number of carbonyl (C=O) groups is 1. The summed E-state index contributed by atoms with van der Waals surface area (Å²) < 4.78 is 4.90. The molecule has 0 aromatic heterocycles. The van der Waals surface area contributed by atoms with Crippen molar-refractivity contribution in [2.24, 2.45) is 22.7 Å². The van der Waals surface area contributed by atoms with Gasteiger partial charge in [0.05, 0.1) is 18.3 Å². The standard InChI is InChI=1S/C20H30O5/c1-12-4-7-16-19(2,9-8-17(23)20(16,3)11-21)14(12)6-5-13-15(22)10-25-18(13)24/h5,14-17,21-23H,1,4,6-11H2,2-3H3/b13-5-/t14-,15+,16+,17-,19+,20+/m1/s1. The number of carbonyl (C=O) groups excluding carboxylic acids is 1. The lowest BCUT2D eigenvalue weighted by molar-refractivity contribution is -0.151. The molecule has 0 spiro atoms. The summed E-state index contributed by atoms with van der Waals surface area (Å²) in [5.74, 6) is -0.0734. The largest absolute Gasteiger partial charge is 0.459 e. The van der Waals surface area contributed by atoms with Gasteiger partial charge in [-0.25, -0.2) is 4.79 Å². The lowest BCUT2D eigenvalue weighted by atomic mass is 9.46. The van der Waals surface area contributed by atoms with Crippen molar-refractivity contribution in [3.05, 3.63) is 23.8 Å². The van der Waals surface area contributed by atoms with Crippen molar-refractivity contribution in [3.63, 3.8) is 0 Å². The Morgan fingerprint density at radius 2 is 2.04 bits per heavy atom. The minimum absolute atomic E-state index is 0.0280. The maximum atomic E-state index is 11.8. The summed E-state index contributed by atoms with van der Waals surface area (Å²) in [4.78, 5) is 11.8. The first-order valence-electron chi connectivity index (χ1n) is 9.26. The SMILES string of the molecule is C=C1CC[C@@H]2[C@](C)(CO)[C@H](O)CC[C@@]2(C)[C@@H]1C/C=C1\C(=O)OC[C@@H]1O. The Morgan fingerprint density at radius 1 is 1.32 bits per heavy atom. The number of hydrogen-bond donors (Lipinski definition) is 3. The summed E-state index contributed by atoms with van der Waals surface area (Å²) >= 11 is 0. The topological polar surface area (TPSA) is 87.0 Å². The van der Waals surface area contributed by atoms with Crippen LogP contribution in [0.4, 0.5) is 0 Å². The van der Waals surface area contributed by atoms with Crippen LogP contribution in [0.15, 0.2) is 23.8 Å². The van der Waals surface area contributed by atoms with Gasteiger partial charge in [-0.3, -0.25) is 0 Å². The van der Waals surface area contributed by atoms with E-state index in [0.717, 1.165) is 24.8 Å². The van der Waals surface area contributed by atoms with Gasteiger partial charge >= 0.3 is 5.97 Å². The van der Waals surface area contributed by atoms with Crippen molar-refractivity contribution >= 4 is 5.97 Å². The highest BCUT2D eigenvalue weighted by atomic mass is 16.6. The molecule has 0 bridgehead atoms. The monoisotopic (exact) mass is 350 g/mol. The lowest BCUT2D eigenvalue weighted by Crippen LogP contribution is -2.57. The molecule has 3 N–H and O–H groups in total. The zero-order chi connectivity index (χ0) is 18.4. The molecule has 3 fully saturated rings. The second-order valence-corrected chi connectivity index (χ2v) is 8.54. The predicted molar refractivity (Wildman–Crippen MR) is 93.6 cm³/mol. The molecule has 2 saturated carbocycles. The van der Waals surface area contributed by atoms with Crippen molar-refractivity contribution in [2.45, 2.75) is 58.2 Å². The van der Waals surface area contributed by atoms with Crippen molar-refractivity contribution < 1.29 is 24.9 Å². The van der Waals surface area contributed by atoms with Gasteiger partial charge in [0.15, 0.2) is 0 Å². The zero-order valence-corrected chi connectivity index (χ0v) is 15.2. The van der Waals surface area contributed by atoms with E-state index < -0.39 is 23.6 Å². The molecule has 3 aliphatic rings. The highest BCUT2D eigenvalue weighted by Crippen LogP contribution is 2.61. The fraction of sp³-hybridized carbons (Fsp3) is 0.750. The second kappa shape index (κ2) is 6.53. The van der Waals surface area contributed by atoms with E-state index in [4.69, 9.17) is 4.74 Å². The number of allylic oxidation sites excluding steroid dienone is 2. The predicted octanol–water partition coefficient (Wildman–Crippen LogP) is 1.96. The molecular weight excluding hydrogens is 320 g/mol. The molecule has 140 valence electrons. The third kappa shape index (κ3) is 2.86. The molecule has 1 saturated heterocycles. The van der Waals surface area contributed by atoms with Gasteiger partial charge in [0.25, 0.3) is 0 Å². The number of aliphatic hydroxyl groups excluding tert-OH is 3. The maximum absolute atomic E-state index is 11.8. The summed E-state index contributed by atoms with van der Waals surface area (Å²) in [6.45, 7) is 8.50. The number of ether oxygens (including phenoxy) is 1. The van der Waals surface area contributed by atoms with E-state index >= 15 is 0 Å². The third-order valence-electron chi connectivity index (χ3n) is 7.23. The Bertz CT molecular complexity index is 597. The zero-order valence-electron chi connectivity index (χ0n) is 15.2. The van der Waals surface area contributed by atoms with Gasteiger partial charge < -0.3 is 20.1 Å². The van der Waals surface area contributed by atoms with Crippen LogP contribution in [0.1, 0.15) is 46.0 Å². The van der Waals surface area contributed by atoms with E-state index in [2.05, 4.69) is 13.5 Å². The first-order chi connectivity index (χ1) is 11.7. The molecule has 2 aliphatic carbocycles. The smallest absolute Gasteiger partial charge is 0.336 e. The fourth-order valence-corrected chi connectivity index (χ4v) is 5.56. The van der Waals surface area contributed by atoms with Crippen LogP contribution in [0.5, 0.6) is 0 Å². The maximum Gasteiger partial charge on any atom is 0.336 e. The van der Waals surface area contributed by atoms with Crippen LogP contribution in [0.25, 0.3) is 0 Å². The number of hydrogen-bond acceptors (Lipinski definition) is 5. The Balaban J connectivity index is 1.89. The average Bonchev–Trinajstić information content (AvgIpc) is 2.89. The second-order valence-electron chi connectivity index (χ2n) is 8.54. The molecule has 1 heterocycles. The Labute approximate surface area is 149 Å². The van der Waals surface area contributed by atoms with Gasteiger partial charge in [-0.05, 0) is 49.4 Å². The highest BCUT2D eigenvalue weighted by Gasteiger charge is 2.57. The van der Waals surface area contributed by atoms with Crippen LogP contribution in [0.3, 0.4) is 0 Å². The van der Waals surface area contributed by atoms with E-state index in [0.29, 0.717) is 18.4 Å². The first-order valence-corrected chi connectivity index (χ1v) is 9.26. The Kier molecular flexibility index (Phi) is 4.86. The van der Waals surface area contributed by atoms with Crippen LogP contribution < -0.4 is 0 Å².